The number of pyridine rings is 4. The van der Waals surface area contributed by atoms with Crippen LogP contribution in [0.2, 0.25) is 0 Å². The summed E-state index contributed by atoms with van der Waals surface area (Å²) in [6.45, 7) is 3.28. The van der Waals surface area contributed by atoms with Crippen molar-refractivity contribution >= 4 is 45.0 Å². The Kier molecular flexibility index (Phi) is 11.3. The highest BCUT2D eigenvalue weighted by molar-refractivity contribution is 5.98. The van der Waals surface area contributed by atoms with E-state index in [4.69, 9.17) is 0 Å². The number of rotatable bonds is 8. The van der Waals surface area contributed by atoms with Gasteiger partial charge in [0.05, 0.1) is 23.2 Å². The maximum absolute atomic E-state index is 13.1. The fraction of sp³-hybridized carbons (Fsp3) is 0.286. The van der Waals surface area contributed by atoms with Crippen molar-refractivity contribution in [3.05, 3.63) is 108 Å². The van der Waals surface area contributed by atoms with Crippen molar-refractivity contribution in [2.24, 2.45) is 11.8 Å². The lowest BCUT2D eigenvalue weighted by molar-refractivity contribution is -0.208. The van der Waals surface area contributed by atoms with Crippen LogP contribution in [0.15, 0.2) is 85.5 Å². The molecule has 18 heteroatoms. The molecular formula is C42H34F8N6O4. The first-order valence-electron chi connectivity index (χ1n) is 18.4. The van der Waals surface area contributed by atoms with Crippen LogP contribution in [0.1, 0.15) is 47.6 Å². The number of aliphatic hydroxyl groups is 2. The molecule has 2 fully saturated rings. The highest BCUT2D eigenvalue weighted by Crippen LogP contribution is 2.41. The van der Waals surface area contributed by atoms with Gasteiger partial charge in [-0.25, -0.2) is 18.7 Å². The Morgan fingerprint density at radius 2 is 0.967 bits per heavy atom. The van der Waals surface area contributed by atoms with Crippen molar-refractivity contribution < 1.29 is 54.9 Å². The van der Waals surface area contributed by atoms with Gasteiger partial charge in [0.2, 0.25) is 11.8 Å². The van der Waals surface area contributed by atoms with Gasteiger partial charge in [-0.1, -0.05) is 24.3 Å². The second-order valence-electron chi connectivity index (χ2n) is 14.6. The van der Waals surface area contributed by atoms with E-state index >= 15 is 0 Å². The minimum Gasteiger partial charge on any atom is -0.378 e. The number of hydrogen-bond donors (Lipinski definition) is 4. The second kappa shape index (κ2) is 16.1. The summed E-state index contributed by atoms with van der Waals surface area (Å²) in [4.78, 5) is 39.6. The van der Waals surface area contributed by atoms with E-state index in [0.29, 0.717) is 43.8 Å². The molecule has 8 rings (SSSR count). The average molecular weight is 839 g/mol. The number of nitrogens with zero attached hydrogens (tertiary/aromatic N) is 4. The van der Waals surface area contributed by atoms with Crippen molar-refractivity contribution in [2.45, 2.75) is 63.6 Å². The second-order valence-corrected chi connectivity index (χ2v) is 14.6. The molecule has 4 N–H and O–H groups in total. The molecular weight excluding hydrogens is 804 g/mol. The Morgan fingerprint density at radius 3 is 1.30 bits per heavy atom. The predicted octanol–water partition coefficient (Wildman–Crippen LogP) is 8.99. The third-order valence-corrected chi connectivity index (χ3v) is 10.1. The number of aliphatic hydroxyl groups excluding tert-OH is 2. The number of anilines is 2. The molecule has 6 aromatic rings. The number of halogens is 8. The van der Waals surface area contributed by atoms with Crippen molar-refractivity contribution in [1.82, 2.24) is 19.9 Å². The van der Waals surface area contributed by atoms with Crippen LogP contribution < -0.4 is 10.6 Å². The highest BCUT2D eigenvalue weighted by Gasteiger charge is 2.45. The third-order valence-electron chi connectivity index (χ3n) is 10.1. The Morgan fingerprint density at radius 1 is 0.600 bits per heavy atom. The van der Waals surface area contributed by atoms with Crippen molar-refractivity contribution in [2.75, 3.05) is 10.6 Å². The Labute approximate surface area is 335 Å². The van der Waals surface area contributed by atoms with E-state index in [1.165, 1.54) is 24.8 Å². The largest absolute Gasteiger partial charge is 0.420 e. The van der Waals surface area contributed by atoms with Gasteiger partial charge in [-0.3, -0.25) is 19.6 Å². The summed E-state index contributed by atoms with van der Waals surface area (Å²) in [6.07, 6.45) is -11.5. The van der Waals surface area contributed by atoms with Crippen molar-refractivity contribution in [1.29, 1.82) is 0 Å². The van der Waals surface area contributed by atoms with Gasteiger partial charge in [0.15, 0.2) is 12.2 Å². The zero-order chi connectivity index (χ0) is 43.3. The maximum atomic E-state index is 13.1. The van der Waals surface area contributed by atoms with Crippen LogP contribution >= 0.6 is 0 Å². The zero-order valence-corrected chi connectivity index (χ0v) is 31.5. The molecule has 0 radical (unpaired) electrons. The molecule has 60 heavy (non-hydrogen) atoms. The van der Waals surface area contributed by atoms with E-state index in [2.05, 4.69) is 30.6 Å². The molecule has 10 nitrogen and oxygen atoms in total. The van der Waals surface area contributed by atoms with E-state index in [1.807, 2.05) is 0 Å². The summed E-state index contributed by atoms with van der Waals surface area (Å²) < 4.78 is 105. The van der Waals surface area contributed by atoms with Gasteiger partial charge in [-0.05, 0) is 96.1 Å². The SMILES string of the molecule is Cc1ccnc([C@@H](O)C(F)(F)F)c1-c1ccc2cc(NC(=O)[C@@H]3C[C@@H]3F)ncc2c1.Cc1ccnc([C@H](O)C(F)(F)F)c1-c1ccc2cc(NC(=O)[C@@H]3C[C@@H]3F)ncc2c1. The highest BCUT2D eigenvalue weighted by atomic mass is 19.4. The number of benzene rings is 2. The average Bonchev–Trinajstić information content (AvgIpc) is 4.13. The van der Waals surface area contributed by atoms with Gasteiger partial charge in [0, 0.05) is 46.7 Å². The van der Waals surface area contributed by atoms with Crippen LogP contribution in [-0.2, 0) is 9.59 Å². The lowest BCUT2D eigenvalue weighted by Gasteiger charge is -2.19. The molecule has 6 atom stereocenters. The summed E-state index contributed by atoms with van der Waals surface area (Å²) in [5, 5.41) is 27.3. The third kappa shape index (κ3) is 9.03. The number of alkyl halides is 8. The van der Waals surface area contributed by atoms with Crippen LogP contribution in [0.3, 0.4) is 0 Å². The van der Waals surface area contributed by atoms with Crippen molar-refractivity contribution in [3.63, 3.8) is 0 Å². The number of aromatic nitrogens is 4. The number of hydrogen-bond acceptors (Lipinski definition) is 8. The van der Waals surface area contributed by atoms with E-state index in [9.17, 15) is 54.9 Å². The Balaban J connectivity index is 0.000000181. The summed E-state index contributed by atoms with van der Waals surface area (Å²) >= 11 is 0. The Bertz CT molecular complexity index is 2440. The lowest BCUT2D eigenvalue weighted by Crippen LogP contribution is -2.22. The van der Waals surface area contributed by atoms with Gasteiger partial charge in [0.25, 0.3) is 0 Å². The summed E-state index contributed by atoms with van der Waals surface area (Å²) in [5.41, 5.74) is 1.42. The number of nitrogens with one attached hydrogen (secondary N) is 2. The van der Waals surface area contributed by atoms with Crippen LogP contribution in [-0.4, -0.2) is 66.7 Å². The van der Waals surface area contributed by atoms with Crippen LogP contribution in [0, 0.1) is 25.7 Å². The number of fused-ring (bicyclic) bond motifs is 2. The zero-order valence-electron chi connectivity index (χ0n) is 31.5. The summed E-state index contributed by atoms with van der Waals surface area (Å²) in [7, 11) is 0. The van der Waals surface area contributed by atoms with Gasteiger partial charge < -0.3 is 20.8 Å². The first kappa shape index (κ1) is 42.0. The normalized spacial score (nSPS) is 19.5. The number of aryl methyl sites for hydroxylation is 2. The van der Waals surface area contributed by atoms with E-state index in [-0.39, 0.29) is 35.6 Å². The van der Waals surface area contributed by atoms with E-state index < -0.39 is 71.9 Å². The first-order chi connectivity index (χ1) is 28.3. The van der Waals surface area contributed by atoms with Gasteiger partial charge in [-0.2, -0.15) is 26.3 Å². The molecule has 2 aromatic carbocycles. The van der Waals surface area contributed by atoms with Gasteiger partial charge in [0.1, 0.15) is 24.0 Å². The molecule has 4 aromatic heterocycles. The number of carbonyl (C=O) groups excluding carboxylic acids is 2. The quantitative estimate of drug-likeness (QED) is 0.111. The molecule has 4 heterocycles. The van der Waals surface area contributed by atoms with Crippen LogP contribution in [0.4, 0.5) is 46.8 Å². The Hall–Kier alpha value is -6.14. The summed E-state index contributed by atoms with van der Waals surface area (Å²) in [6, 6.07) is 16.2. The molecule has 0 aliphatic heterocycles. The van der Waals surface area contributed by atoms with Gasteiger partial charge >= 0.3 is 12.4 Å². The number of carbonyl (C=O) groups is 2. The van der Waals surface area contributed by atoms with Crippen molar-refractivity contribution in [3.8, 4) is 22.3 Å². The molecule has 0 unspecified atom stereocenters. The fourth-order valence-corrected chi connectivity index (χ4v) is 6.67. The maximum Gasteiger partial charge on any atom is 0.420 e. The molecule has 2 amide bonds. The lowest BCUT2D eigenvalue weighted by atomic mass is 9.95. The summed E-state index contributed by atoms with van der Waals surface area (Å²) in [5.74, 6) is -1.60. The molecule has 2 saturated carbocycles. The molecule has 0 spiro atoms. The van der Waals surface area contributed by atoms with Gasteiger partial charge in [-0.15, -0.1) is 0 Å². The topological polar surface area (TPSA) is 150 Å². The number of amides is 2. The van der Waals surface area contributed by atoms with E-state index in [0.717, 1.165) is 0 Å². The molecule has 2 aliphatic rings. The smallest absolute Gasteiger partial charge is 0.378 e. The monoisotopic (exact) mass is 838 g/mol. The van der Waals surface area contributed by atoms with Crippen LogP contribution in [0.25, 0.3) is 43.8 Å². The molecule has 0 saturated heterocycles. The standard InChI is InChI=1S/2C21H17F4N3O2/c2*1-10-4-5-26-18(19(29)21(23,24)25)17(10)12-3-2-11-7-16(27-9-13(11)6-12)28-20(30)14-8-15(14)22/h2*2-7,9,14-15,19,29H,8H2,1H3,(H,27,28,30)/t14-,15+,19+;14-,15+,19-/m11/s1. The molecule has 0 bridgehead atoms. The first-order valence-corrected chi connectivity index (χ1v) is 18.4. The predicted molar refractivity (Wildman–Crippen MR) is 205 cm³/mol. The van der Waals surface area contributed by atoms with E-state index in [1.54, 1.807) is 74.5 Å². The molecule has 2 aliphatic carbocycles. The molecule has 312 valence electrons. The minimum atomic E-state index is -4.85. The minimum absolute atomic E-state index is 0.198. The van der Waals surface area contributed by atoms with Crippen LogP contribution in [0.5, 0.6) is 0 Å². The fourth-order valence-electron chi connectivity index (χ4n) is 6.67.